The van der Waals surface area contributed by atoms with Crippen LogP contribution in [0.5, 0.6) is 0 Å². The van der Waals surface area contributed by atoms with Crippen LogP contribution in [-0.2, 0) is 0 Å². The molecular formula is C12H7N3O5. The van der Waals surface area contributed by atoms with Gasteiger partial charge in [-0.1, -0.05) is 0 Å². The summed E-state index contributed by atoms with van der Waals surface area (Å²) in [4.78, 5) is 38.9. The van der Waals surface area contributed by atoms with Gasteiger partial charge in [-0.25, -0.2) is 9.97 Å². The molecule has 8 nitrogen and oxygen atoms in total. The maximum Gasteiger partial charge on any atom is 0.241 e. The average molecular weight is 273 g/mol. The summed E-state index contributed by atoms with van der Waals surface area (Å²) in [6, 6.07) is 6.59. The Hall–Kier alpha value is -3.16. The van der Waals surface area contributed by atoms with Crippen molar-refractivity contribution in [3.8, 4) is 11.4 Å². The zero-order valence-electron chi connectivity index (χ0n) is 9.90. The number of H-pyrrole nitrogens is 1. The van der Waals surface area contributed by atoms with Gasteiger partial charge in [0.25, 0.3) is 0 Å². The summed E-state index contributed by atoms with van der Waals surface area (Å²) in [6.45, 7) is 0. The van der Waals surface area contributed by atoms with E-state index < -0.39 is 16.7 Å². The second-order valence-corrected chi connectivity index (χ2v) is 3.74. The molecule has 0 atom stereocenters. The van der Waals surface area contributed by atoms with Gasteiger partial charge in [0, 0.05) is 12.3 Å². The van der Waals surface area contributed by atoms with E-state index >= 15 is 0 Å². The molecule has 0 aliphatic heterocycles. The van der Waals surface area contributed by atoms with Gasteiger partial charge in [-0.2, -0.15) is 0 Å². The van der Waals surface area contributed by atoms with Crippen molar-refractivity contribution in [2.24, 2.45) is 0 Å². The number of aromatic amines is 1. The van der Waals surface area contributed by atoms with Gasteiger partial charge in [-0.05, 0) is 18.2 Å². The first kappa shape index (κ1) is 13.3. The highest BCUT2D eigenvalue weighted by Gasteiger charge is 2.34. The molecule has 1 aliphatic rings. The minimum absolute atomic E-state index is 0.363. The number of Topliss-reactive ketones (excluding diaryl/α,β-unsaturated/α-hetero) is 2. The lowest BCUT2D eigenvalue weighted by Crippen LogP contribution is -2.26. The molecule has 2 aromatic heterocycles. The SMILES string of the molecule is O=C1C(=O)c2ccc[nH+]c2-c2ncccc21.O=[N+]([O-])[O-]. The van der Waals surface area contributed by atoms with Crippen LogP contribution in [0.15, 0.2) is 36.7 Å². The number of carbonyl (C=O) groups is 2. The Morgan fingerprint density at radius 1 is 1.05 bits per heavy atom. The van der Waals surface area contributed by atoms with E-state index in [1.807, 2.05) is 0 Å². The first-order chi connectivity index (χ1) is 9.52. The Labute approximate surface area is 111 Å². The zero-order chi connectivity index (χ0) is 14.7. The van der Waals surface area contributed by atoms with E-state index in [0.29, 0.717) is 22.5 Å². The smallest absolute Gasteiger partial charge is 0.241 e. The molecule has 0 unspecified atom stereocenters. The van der Waals surface area contributed by atoms with Crippen molar-refractivity contribution in [3.63, 3.8) is 0 Å². The predicted octanol–water partition coefficient (Wildman–Crippen LogP) is 0.703. The molecule has 0 aromatic carbocycles. The Morgan fingerprint density at radius 2 is 1.65 bits per heavy atom. The molecule has 100 valence electrons. The lowest BCUT2D eigenvalue weighted by molar-refractivity contribution is -0.402. The fraction of sp³-hybridized carbons (Fsp3) is 0. The number of pyridine rings is 2. The van der Waals surface area contributed by atoms with Crippen molar-refractivity contribution < 1.29 is 19.7 Å². The van der Waals surface area contributed by atoms with Crippen LogP contribution in [0.1, 0.15) is 20.7 Å². The molecule has 0 spiro atoms. The molecule has 1 aliphatic carbocycles. The van der Waals surface area contributed by atoms with Crippen LogP contribution in [-0.4, -0.2) is 21.6 Å². The number of nitrogens with one attached hydrogen (secondary N) is 1. The van der Waals surface area contributed by atoms with E-state index in [9.17, 15) is 9.59 Å². The molecular weight excluding hydrogens is 266 g/mol. The Morgan fingerprint density at radius 3 is 2.35 bits per heavy atom. The largest absolute Gasteiger partial charge is 0.356 e. The summed E-state index contributed by atoms with van der Waals surface area (Å²) >= 11 is 0. The summed E-state index contributed by atoms with van der Waals surface area (Å²) in [7, 11) is 0. The van der Waals surface area contributed by atoms with E-state index in [4.69, 9.17) is 15.3 Å². The van der Waals surface area contributed by atoms with E-state index in [0.717, 1.165) is 0 Å². The number of carbonyl (C=O) groups excluding carboxylic acids is 2. The predicted molar refractivity (Wildman–Crippen MR) is 65.3 cm³/mol. The van der Waals surface area contributed by atoms with E-state index in [2.05, 4.69) is 9.97 Å². The molecule has 2 heterocycles. The minimum Gasteiger partial charge on any atom is -0.356 e. The maximum absolute atomic E-state index is 11.8. The lowest BCUT2D eigenvalue weighted by Gasteiger charge is -2.10. The summed E-state index contributed by atoms with van der Waals surface area (Å²) < 4.78 is 0. The average Bonchev–Trinajstić information content (AvgIpc) is 2.44. The van der Waals surface area contributed by atoms with E-state index in [1.54, 1.807) is 36.7 Å². The normalized spacial score (nSPS) is 11.8. The first-order valence-electron chi connectivity index (χ1n) is 5.39. The van der Waals surface area contributed by atoms with Crippen LogP contribution >= 0.6 is 0 Å². The molecule has 20 heavy (non-hydrogen) atoms. The number of hydrogen-bond donors (Lipinski definition) is 0. The Kier molecular flexibility index (Phi) is 3.47. The van der Waals surface area contributed by atoms with Crippen molar-refractivity contribution in [2.75, 3.05) is 0 Å². The van der Waals surface area contributed by atoms with Crippen LogP contribution in [0.3, 0.4) is 0 Å². The molecule has 0 saturated heterocycles. The van der Waals surface area contributed by atoms with Gasteiger partial charge in [0.2, 0.25) is 17.3 Å². The van der Waals surface area contributed by atoms with Crippen LogP contribution in [0, 0.1) is 15.3 Å². The third kappa shape index (κ3) is 2.34. The van der Waals surface area contributed by atoms with Gasteiger partial charge in [0.15, 0.2) is 6.20 Å². The Bertz CT molecular complexity index is 654. The first-order valence-corrected chi connectivity index (χ1v) is 5.39. The number of aromatic nitrogens is 2. The van der Waals surface area contributed by atoms with Crippen molar-refractivity contribution in [1.29, 1.82) is 0 Å². The van der Waals surface area contributed by atoms with Crippen LogP contribution in [0.2, 0.25) is 0 Å². The van der Waals surface area contributed by atoms with E-state index in [-0.39, 0.29) is 0 Å². The summed E-state index contributed by atoms with van der Waals surface area (Å²) in [5.41, 5.74) is 1.91. The van der Waals surface area contributed by atoms with Crippen molar-refractivity contribution in [1.82, 2.24) is 4.98 Å². The van der Waals surface area contributed by atoms with Gasteiger partial charge >= 0.3 is 0 Å². The molecule has 3 rings (SSSR count). The molecule has 0 fully saturated rings. The standard InChI is InChI=1S/C12H6N2O2.NO3/c15-11-7-3-1-5-13-9(7)10-8(12(11)16)4-2-6-14-10;2-1(3)4/h1-6H;/q;-1/p+1. The van der Waals surface area contributed by atoms with Crippen molar-refractivity contribution in [3.05, 3.63) is 63.1 Å². The maximum atomic E-state index is 11.8. The summed E-state index contributed by atoms with van der Waals surface area (Å²) in [5.74, 6) is -0.970. The lowest BCUT2D eigenvalue weighted by atomic mass is 9.91. The molecule has 0 saturated carbocycles. The number of hydrogen-bond acceptors (Lipinski definition) is 6. The summed E-state index contributed by atoms with van der Waals surface area (Å²) in [5, 5.41) is 14.8. The second kappa shape index (κ2) is 5.22. The topological polar surface area (TPSA) is 127 Å². The van der Waals surface area contributed by atoms with Crippen LogP contribution < -0.4 is 4.98 Å². The van der Waals surface area contributed by atoms with Crippen molar-refractivity contribution >= 4 is 11.6 Å². The Balaban J connectivity index is 0.000000328. The number of nitrogens with zero attached hydrogens (tertiary/aromatic N) is 2. The molecule has 1 N–H and O–H groups in total. The fourth-order valence-electron chi connectivity index (χ4n) is 1.85. The third-order valence-electron chi connectivity index (χ3n) is 2.60. The number of rotatable bonds is 0. The quantitative estimate of drug-likeness (QED) is 0.395. The van der Waals surface area contributed by atoms with Gasteiger partial charge in [0.1, 0.15) is 11.3 Å². The van der Waals surface area contributed by atoms with Gasteiger partial charge in [-0.15, -0.1) is 0 Å². The van der Waals surface area contributed by atoms with Crippen LogP contribution in [0.4, 0.5) is 0 Å². The summed E-state index contributed by atoms with van der Waals surface area (Å²) in [6.07, 6.45) is 3.31. The molecule has 0 bridgehead atoms. The zero-order valence-corrected chi connectivity index (χ0v) is 9.90. The molecule has 0 amide bonds. The van der Waals surface area contributed by atoms with Gasteiger partial charge < -0.3 is 15.3 Å². The second-order valence-electron chi connectivity index (χ2n) is 3.74. The monoisotopic (exact) mass is 273 g/mol. The molecule has 8 heteroatoms. The van der Waals surface area contributed by atoms with Gasteiger partial charge in [0.05, 0.1) is 10.7 Å². The minimum atomic E-state index is -1.75. The molecule has 2 aromatic rings. The third-order valence-corrected chi connectivity index (χ3v) is 2.60. The highest BCUT2D eigenvalue weighted by atomic mass is 16.9. The van der Waals surface area contributed by atoms with E-state index in [1.165, 1.54) is 0 Å². The molecule has 0 radical (unpaired) electrons. The highest BCUT2D eigenvalue weighted by Crippen LogP contribution is 2.27. The van der Waals surface area contributed by atoms with Crippen molar-refractivity contribution in [2.45, 2.75) is 0 Å². The number of fused-ring (bicyclic) bond motifs is 3. The highest BCUT2D eigenvalue weighted by molar-refractivity contribution is 6.52. The van der Waals surface area contributed by atoms with Crippen LogP contribution in [0.25, 0.3) is 11.4 Å². The van der Waals surface area contributed by atoms with Gasteiger partial charge in [-0.3, -0.25) is 9.59 Å². The fourth-order valence-corrected chi connectivity index (χ4v) is 1.85. The number of ketones is 2.